The summed E-state index contributed by atoms with van der Waals surface area (Å²) < 4.78 is 5.49. The lowest BCUT2D eigenvalue weighted by atomic mass is 9.97. The van der Waals surface area contributed by atoms with Crippen LogP contribution in [0.5, 0.6) is 5.75 Å². The lowest BCUT2D eigenvalue weighted by Crippen LogP contribution is -2.27. The van der Waals surface area contributed by atoms with E-state index in [-0.39, 0.29) is 24.8 Å². The van der Waals surface area contributed by atoms with Crippen LogP contribution in [-0.4, -0.2) is 34.8 Å². The number of carbonyl (C=O) groups excluding carboxylic acids is 1. The Morgan fingerprint density at radius 2 is 1.86 bits per heavy atom. The van der Waals surface area contributed by atoms with E-state index in [0.29, 0.717) is 18.6 Å². The molecule has 0 aromatic heterocycles. The van der Waals surface area contributed by atoms with Gasteiger partial charge in [-0.25, -0.2) is 5.01 Å². The minimum Gasteiger partial charge on any atom is -0.496 e. The predicted octanol–water partition coefficient (Wildman–Crippen LogP) is 3.94. The molecule has 0 fully saturated rings. The molecule has 1 aliphatic heterocycles. The molecular formula is C22H24N2O4. The fraction of sp³-hybridized carbons (Fsp3) is 0.318. The molecule has 146 valence electrons. The minimum absolute atomic E-state index is 0.0343. The van der Waals surface area contributed by atoms with E-state index < -0.39 is 5.97 Å². The summed E-state index contributed by atoms with van der Waals surface area (Å²) in [5.41, 5.74) is 3.86. The Morgan fingerprint density at radius 1 is 1.14 bits per heavy atom. The molecule has 1 heterocycles. The number of benzene rings is 2. The summed E-state index contributed by atoms with van der Waals surface area (Å²) in [6.45, 7) is 2.02. The number of nitrogens with zero attached hydrogens (tertiary/aromatic N) is 2. The van der Waals surface area contributed by atoms with Gasteiger partial charge in [0, 0.05) is 24.8 Å². The summed E-state index contributed by atoms with van der Waals surface area (Å²) in [7, 11) is 1.61. The van der Waals surface area contributed by atoms with Crippen LogP contribution in [0.1, 0.15) is 48.4 Å². The van der Waals surface area contributed by atoms with E-state index in [9.17, 15) is 9.59 Å². The van der Waals surface area contributed by atoms with Gasteiger partial charge in [-0.15, -0.1) is 0 Å². The molecule has 1 amide bonds. The zero-order valence-corrected chi connectivity index (χ0v) is 16.1. The molecule has 0 unspecified atom stereocenters. The maximum Gasteiger partial charge on any atom is 0.303 e. The quantitative estimate of drug-likeness (QED) is 0.789. The number of amides is 1. The first-order valence-corrected chi connectivity index (χ1v) is 9.31. The van der Waals surface area contributed by atoms with Gasteiger partial charge in [0.05, 0.1) is 18.9 Å². The highest BCUT2D eigenvalue weighted by atomic mass is 16.5. The number of methoxy groups -OCH3 is 1. The van der Waals surface area contributed by atoms with E-state index in [1.54, 1.807) is 7.11 Å². The monoisotopic (exact) mass is 380 g/mol. The van der Waals surface area contributed by atoms with Gasteiger partial charge in [0.15, 0.2) is 0 Å². The van der Waals surface area contributed by atoms with Crippen molar-refractivity contribution in [2.24, 2.45) is 5.10 Å². The third-order valence-electron chi connectivity index (χ3n) is 4.83. The van der Waals surface area contributed by atoms with Crippen LogP contribution in [0.15, 0.2) is 53.6 Å². The molecular weight excluding hydrogens is 356 g/mol. The highest BCUT2D eigenvalue weighted by Crippen LogP contribution is 2.37. The number of rotatable bonds is 7. The largest absolute Gasteiger partial charge is 0.496 e. The van der Waals surface area contributed by atoms with Crippen molar-refractivity contribution >= 4 is 17.6 Å². The van der Waals surface area contributed by atoms with E-state index in [4.69, 9.17) is 9.84 Å². The van der Waals surface area contributed by atoms with Crippen LogP contribution in [0, 0.1) is 6.92 Å². The van der Waals surface area contributed by atoms with Crippen molar-refractivity contribution in [1.29, 1.82) is 0 Å². The van der Waals surface area contributed by atoms with Gasteiger partial charge in [-0.05, 0) is 25.0 Å². The lowest BCUT2D eigenvalue weighted by molar-refractivity contribution is -0.137. The maximum absolute atomic E-state index is 12.8. The smallest absolute Gasteiger partial charge is 0.303 e. The Bertz CT molecular complexity index is 890. The zero-order chi connectivity index (χ0) is 20.1. The fourth-order valence-corrected chi connectivity index (χ4v) is 3.35. The van der Waals surface area contributed by atoms with Gasteiger partial charge < -0.3 is 9.84 Å². The Labute approximate surface area is 164 Å². The molecule has 1 atom stereocenters. The summed E-state index contributed by atoms with van der Waals surface area (Å²) in [4.78, 5) is 23.6. The normalized spacial score (nSPS) is 16.0. The van der Waals surface area contributed by atoms with Gasteiger partial charge in [0.2, 0.25) is 5.91 Å². The first kappa shape index (κ1) is 19.6. The molecule has 1 N–H and O–H groups in total. The number of hydrogen-bond donors (Lipinski definition) is 1. The molecule has 0 aliphatic carbocycles. The SMILES string of the molecule is COc1ccccc1[C@H]1CC(c2ccc(C)cc2)=NN1C(=O)CCCC(=O)O. The molecule has 2 aromatic rings. The number of ether oxygens (including phenoxy) is 1. The number of carboxylic acid groups (broad SMARTS) is 1. The van der Waals surface area contributed by atoms with Crippen LogP contribution >= 0.6 is 0 Å². The first-order chi connectivity index (χ1) is 13.5. The average molecular weight is 380 g/mol. The highest BCUT2D eigenvalue weighted by molar-refractivity contribution is 6.03. The van der Waals surface area contributed by atoms with Gasteiger partial charge in [-0.1, -0.05) is 48.0 Å². The molecule has 0 spiro atoms. The van der Waals surface area contributed by atoms with Crippen LogP contribution in [0.3, 0.4) is 0 Å². The van der Waals surface area contributed by atoms with Gasteiger partial charge in [-0.2, -0.15) is 5.10 Å². The third kappa shape index (κ3) is 4.39. The van der Waals surface area contributed by atoms with Gasteiger partial charge >= 0.3 is 5.97 Å². The van der Waals surface area contributed by atoms with Crippen molar-refractivity contribution < 1.29 is 19.4 Å². The molecule has 28 heavy (non-hydrogen) atoms. The van der Waals surface area contributed by atoms with Crippen molar-refractivity contribution in [3.8, 4) is 5.75 Å². The highest BCUT2D eigenvalue weighted by Gasteiger charge is 2.34. The summed E-state index contributed by atoms with van der Waals surface area (Å²) in [6, 6.07) is 15.4. The minimum atomic E-state index is -0.903. The number of aryl methyl sites for hydroxylation is 1. The van der Waals surface area contributed by atoms with Crippen LogP contribution in [-0.2, 0) is 9.59 Å². The van der Waals surface area contributed by atoms with Gasteiger partial charge in [0.25, 0.3) is 0 Å². The van der Waals surface area contributed by atoms with Crippen LogP contribution < -0.4 is 4.74 Å². The summed E-state index contributed by atoms with van der Waals surface area (Å²) in [5, 5.41) is 14.9. The molecule has 0 saturated heterocycles. The van der Waals surface area contributed by atoms with E-state index in [2.05, 4.69) is 5.10 Å². The molecule has 0 bridgehead atoms. The van der Waals surface area contributed by atoms with Crippen molar-refractivity contribution in [3.63, 3.8) is 0 Å². The second-order valence-corrected chi connectivity index (χ2v) is 6.86. The fourth-order valence-electron chi connectivity index (χ4n) is 3.35. The van der Waals surface area contributed by atoms with Crippen molar-refractivity contribution in [2.45, 2.75) is 38.6 Å². The van der Waals surface area contributed by atoms with Crippen LogP contribution in [0.4, 0.5) is 0 Å². The number of para-hydroxylation sites is 1. The van der Waals surface area contributed by atoms with E-state index >= 15 is 0 Å². The van der Waals surface area contributed by atoms with Crippen molar-refractivity contribution in [3.05, 3.63) is 65.2 Å². The Kier molecular flexibility index (Phi) is 6.09. The van der Waals surface area contributed by atoms with Gasteiger partial charge in [0.1, 0.15) is 5.75 Å². The van der Waals surface area contributed by atoms with Gasteiger partial charge in [-0.3, -0.25) is 9.59 Å². The summed E-state index contributed by atoms with van der Waals surface area (Å²) in [6.07, 6.45) is 0.975. The molecule has 0 radical (unpaired) electrons. The average Bonchev–Trinajstić information content (AvgIpc) is 3.13. The number of carbonyl (C=O) groups is 2. The van der Waals surface area contributed by atoms with E-state index in [0.717, 1.165) is 22.4 Å². The standard InChI is InChI=1S/C22H24N2O4/c1-15-10-12-16(13-11-15)18-14-19(17-6-3-4-7-20(17)28-2)24(23-18)21(25)8-5-9-22(26)27/h3-4,6-7,10-13,19H,5,8-9,14H2,1-2H3,(H,26,27)/t19-/m1/s1. The van der Waals surface area contributed by atoms with Crippen molar-refractivity contribution in [2.75, 3.05) is 7.11 Å². The first-order valence-electron chi connectivity index (χ1n) is 9.31. The Hall–Kier alpha value is -3.15. The molecule has 6 heteroatoms. The molecule has 3 rings (SSSR count). The Balaban J connectivity index is 1.90. The topological polar surface area (TPSA) is 79.2 Å². The number of carboxylic acids is 1. The molecule has 0 saturated carbocycles. The summed E-state index contributed by atoms with van der Waals surface area (Å²) in [5.74, 6) is -0.380. The Morgan fingerprint density at radius 3 is 2.54 bits per heavy atom. The predicted molar refractivity (Wildman–Crippen MR) is 106 cm³/mol. The summed E-state index contributed by atoms with van der Waals surface area (Å²) >= 11 is 0. The van der Waals surface area contributed by atoms with E-state index in [1.807, 2.05) is 55.5 Å². The number of hydrazone groups is 1. The zero-order valence-electron chi connectivity index (χ0n) is 16.1. The maximum atomic E-state index is 12.8. The second kappa shape index (κ2) is 8.69. The van der Waals surface area contributed by atoms with Crippen molar-refractivity contribution in [1.82, 2.24) is 5.01 Å². The molecule has 1 aliphatic rings. The number of hydrogen-bond acceptors (Lipinski definition) is 4. The van der Waals surface area contributed by atoms with Crippen LogP contribution in [0.2, 0.25) is 0 Å². The molecule has 6 nitrogen and oxygen atoms in total. The third-order valence-corrected chi connectivity index (χ3v) is 4.83. The lowest BCUT2D eigenvalue weighted by Gasteiger charge is -2.23. The second-order valence-electron chi connectivity index (χ2n) is 6.86. The molecule has 2 aromatic carbocycles. The van der Waals surface area contributed by atoms with E-state index in [1.165, 1.54) is 5.01 Å². The van der Waals surface area contributed by atoms with Crippen LogP contribution in [0.25, 0.3) is 0 Å². The number of aliphatic carboxylic acids is 1.